The third-order valence-corrected chi connectivity index (χ3v) is 1.72. The number of nitrogens with one attached hydrogen (secondary N) is 1. The van der Waals surface area contributed by atoms with E-state index >= 15 is 0 Å². The first-order valence-corrected chi connectivity index (χ1v) is 4.15. The number of nitrogens with zero attached hydrogens (tertiary/aromatic N) is 2. The van der Waals surface area contributed by atoms with Gasteiger partial charge in [-0.05, 0) is 7.05 Å². The molecule has 1 heterocycles. The molecule has 0 saturated carbocycles. The Hall–Kier alpha value is -1.47. The molecule has 1 aromatic rings. The highest BCUT2D eigenvalue weighted by atomic mass is 16.5. The zero-order valence-corrected chi connectivity index (χ0v) is 7.86. The van der Waals surface area contributed by atoms with Crippen molar-refractivity contribution >= 4 is 5.91 Å². The molecule has 0 spiro atoms. The second-order valence-electron chi connectivity index (χ2n) is 2.76. The summed E-state index contributed by atoms with van der Waals surface area (Å²) in [6.07, 6.45) is 0.114. The molecule has 5 N–H and O–H groups in total. The summed E-state index contributed by atoms with van der Waals surface area (Å²) < 4.78 is 4.90. The fraction of sp³-hybridized carbons (Fsp3) is 0.571. The Morgan fingerprint density at radius 2 is 2.43 bits per heavy atom. The summed E-state index contributed by atoms with van der Waals surface area (Å²) in [5, 5.41) is 6.46. The molecule has 1 rings (SSSR count). The number of hydrogen-bond donors (Lipinski definition) is 3. The van der Waals surface area contributed by atoms with Crippen LogP contribution in [0.5, 0.6) is 0 Å². The van der Waals surface area contributed by atoms with Gasteiger partial charge in [0.1, 0.15) is 0 Å². The Bertz CT molecular complexity index is 311. The number of hydrogen-bond acceptors (Lipinski definition) is 6. The van der Waals surface area contributed by atoms with Crippen molar-refractivity contribution < 1.29 is 9.32 Å². The fourth-order valence-corrected chi connectivity index (χ4v) is 1.01. The van der Waals surface area contributed by atoms with Gasteiger partial charge >= 0.3 is 0 Å². The molecular weight excluding hydrogens is 186 g/mol. The van der Waals surface area contributed by atoms with Gasteiger partial charge in [0.05, 0.1) is 19.0 Å². The number of primary amides is 1. The van der Waals surface area contributed by atoms with Gasteiger partial charge in [0, 0.05) is 0 Å². The first kappa shape index (κ1) is 10.6. The molecule has 0 unspecified atom stereocenters. The van der Waals surface area contributed by atoms with E-state index in [1.165, 1.54) is 0 Å². The van der Waals surface area contributed by atoms with E-state index in [1.807, 2.05) is 0 Å². The predicted octanol–water partition coefficient (Wildman–Crippen LogP) is -1.34. The lowest BCUT2D eigenvalue weighted by atomic mass is 10.2. The van der Waals surface area contributed by atoms with Crippen LogP contribution < -0.4 is 16.8 Å². The lowest BCUT2D eigenvalue weighted by Gasteiger charge is -2.07. The van der Waals surface area contributed by atoms with Crippen molar-refractivity contribution in [2.24, 2.45) is 11.5 Å². The first-order valence-electron chi connectivity index (χ1n) is 4.15. The van der Waals surface area contributed by atoms with Crippen LogP contribution in [0.1, 0.15) is 24.2 Å². The molecule has 0 aliphatic heterocycles. The minimum absolute atomic E-state index is 0.114. The molecule has 0 radical (unpaired) electrons. The monoisotopic (exact) mass is 199 g/mol. The van der Waals surface area contributed by atoms with Crippen LogP contribution in [0.4, 0.5) is 0 Å². The number of carbonyl (C=O) groups excluding carboxylic acids is 1. The molecule has 0 fully saturated rings. The Labute approximate surface area is 80.8 Å². The normalized spacial score (nSPS) is 12.7. The lowest BCUT2D eigenvalue weighted by Crippen LogP contribution is -2.24. The van der Waals surface area contributed by atoms with E-state index < -0.39 is 5.91 Å². The van der Waals surface area contributed by atoms with Gasteiger partial charge in [-0.3, -0.25) is 4.79 Å². The molecule has 1 aromatic heterocycles. The van der Waals surface area contributed by atoms with E-state index in [-0.39, 0.29) is 19.0 Å². The minimum atomic E-state index is -0.433. The van der Waals surface area contributed by atoms with Crippen molar-refractivity contribution in [1.82, 2.24) is 15.5 Å². The van der Waals surface area contributed by atoms with Crippen LogP contribution in [0.2, 0.25) is 0 Å². The molecule has 1 amide bonds. The fourth-order valence-electron chi connectivity index (χ4n) is 1.01. The van der Waals surface area contributed by atoms with Crippen molar-refractivity contribution in [1.29, 1.82) is 0 Å². The van der Waals surface area contributed by atoms with E-state index in [0.717, 1.165) is 0 Å². The molecule has 0 aliphatic carbocycles. The van der Waals surface area contributed by atoms with E-state index in [9.17, 15) is 4.79 Å². The number of amides is 1. The second-order valence-corrected chi connectivity index (χ2v) is 2.76. The summed E-state index contributed by atoms with van der Waals surface area (Å²) in [4.78, 5) is 14.7. The molecule has 7 nitrogen and oxygen atoms in total. The molecule has 0 aliphatic rings. The lowest BCUT2D eigenvalue weighted by molar-refractivity contribution is -0.118. The van der Waals surface area contributed by atoms with Crippen LogP contribution in [-0.2, 0) is 11.3 Å². The predicted molar refractivity (Wildman–Crippen MR) is 47.8 cm³/mol. The van der Waals surface area contributed by atoms with Gasteiger partial charge in [-0.15, -0.1) is 0 Å². The van der Waals surface area contributed by atoms with Gasteiger partial charge in [-0.1, -0.05) is 5.16 Å². The molecule has 0 bridgehead atoms. The molecule has 78 valence electrons. The minimum Gasteiger partial charge on any atom is -0.370 e. The largest absolute Gasteiger partial charge is 0.370 e. The summed E-state index contributed by atoms with van der Waals surface area (Å²) in [6.45, 7) is 0.205. The highest BCUT2D eigenvalue weighted by molar-refractivity contribution is 5.74. The molecule has 7 heteroatoms. The molecular formula is C7H13N5O2. The van der Waals surface area contributed by atoms with E-state index in [1.54, 1.807) is 7.05 Å². The van der Waals surface area contributed by atoms with Crippen LogP contribution in [0, 0.1) is 0 Å². The summed E-state index contributed by atoms with van der Waals surface area (Å²) in [6, 6.07) is -0.347. The summed E-state index contributed by atoms with van der Waals surface area (Å²) in [7, 11) is 1.68. The van der Waals surface area contributed by atoms with Crippen LogP contribution in [0.3, 0.4) is 0 Å². The summed E-state index contributed by atoms with van der Waals surface area (Å²) in [5.41, 5.74) is 10.4. The highest BCUT2D eigenvalue weighted by Gasteiger charge is 2.18. The topological polar surface area (TPSA) is 120 Å². The summed E-state index contributed by atoms with van der Waals surface area (Å²) >= 11 is 0. The van der Waals surface area contributed by atoms with Crippen molar-refractivity contribution in [2.45, 2.75) is 19.0 Å². The zero-order chi connectivity index (χ0) is 10.6. The number of aromatic nitrogens is 2. The van der Waals surface area contributed by atoms with Crippen molar-refractivity contribution in [2.75, 3.05) is 7.05 Å². The maximum Gasteiger partial charge on any atom is 0.244 e. The Morgan fingerprint density at radius 3 is 2.86 bits per heavy atom. The van der Waals surface area contributed by atoms with Crippen LogP contribution >= 0.6 is 0 Å². The third-order valence-electron chi connectivity index (χ3n) is 1.72. The summed E-state index contributed by atoms with van der Waals surface area (Å²) in [5.74, 6) is 0.299. The average Bonchev–Trinajstić information content (AvgIpc) is 2.62. The van der Waals surface area contributed by atoms with Gasteiger partial charge < -0.3 is 21.3 Å². The smallest absolute Gasteiger partial charge is 0.244 e. The van der Waals surface area contributed by atoms with E-state index in [0.29, 0.717) is 11.7 Å². The molecule has 1 atom stereocenters. The standard InChI is InChI=1S/C7H13N5O2/c1-10-4(2-5(9)13)7-11-6(3-8)12-14-7/h4,10H,2-3,8H2,1H3,(H2,9,13)/t4-/m1/s1. The molecule has 0 aromatic carbocycles. The van der Waals surface area contributed by atoms with Crippen molar-refractivity contribution in [3.8, 4) is 0 Å². The van der Waals surface area contributed by atoms with Crippen LogP contribution in [-0.4, -0.2) is 23.1 Å². The molecule has 0 saturated heterocycles. The third kappa shape index (κ3) is 2.51. The van der Waals surface area contributed by atoms with Gasteiger partial charge in [0.25, 0.3) is 0 Å². The van der Waals surface area contributed by atoms with Crippen LogP contribution in [0.15, 0.2) is 4.52 Å². The van der Waals surface area contributed by atoms with Gasteiger partial charge in [0.2, 0.25) is 11.8 Å². The van der Waals surface area contributed by atoms with Gasteiger partial charge in [-0.2, -0.15) is 4.98 Å². The van der Waals surface area contributed by atoms with Crippen LogP contribution in [0.25, 0.3) is 0 Å². The van der Waals surface area contributed by atoms with Crippen molar-refractivity contribution in [3.05, 3.63) is 11.7 Å². The number of rotatable bonds is 5. The van der Waals surface area contributed by atoms with Gasteiger partial charge in [0.15, 0.2) is 5.82 Å². The Kier molecular flexibility index (Phi) is 3.55. The quantitative estimate of drug-likeness (QED) is 0.540. The maximum atomic E-state index is 10.7. The number of carbonyl (C=O) groups is 1. The second kappa shape index (κ2) is 4.68. The SMILES string of the molecule is CN[C@H](CC(N)=O)c1nc(CN)no1. The molecule has 14 heavy (non-hydrogen) atoms. The average molecular weight is 199 g/mol. The highest BCUT2D eigenvalue weighted by Crippen LogP contribution is 2.13. The van der Waals surface area contributed by atoms with Gasteiger partial charge in [-0.25, -0.2) is 0 Å². The first-order chi connectivity index (χ1) is 6.67. The number of nitrogens with two attached hydrogens (primary N) is 2. The zero-order valence-electron chi connectivity index (χ0n) is 7.86. The van der Waals surface area contributed by atoms with Crippen molar-refractivity contribution in [3.63, 3.8) is 0 Å². The maximum absolute atomic E-state index is 10.7. The van der Waals surface area contributed by atoms with E-state index in [2.05, 4.69) is 15.5 Å². The Balaban J connectivity index is 2.73. The van der Waals surface area contributed by atoms with E-state index in [4.69, 9.17) is 16.0 Å². The Morgan fingerprint density at radius 1 is 1.71 bits per heavy atom.